The summed E-state index contributed by atoms with van der Waals surface area (Å²) in [5, 5.41) is 28.9. The van der Waals surface area contributed by atoms with Gasteiger partial charge in [-0.05, 0) is 6.42 Å². The van der Waals surface area contributed by atoms with Crippen LogP contribution in [0.2, 0.25) is 0 Å². The molecule has 0 aliphatic carbocycles. The minimum Gasteiger partial charge on any atom is -0.544 e. The van der Waals surface area contributed by atoms with Gasteiger partial charge in [0.15, 0.2) is 12.8 Å². The second-order valence-corrected chi connectivity index (χ2v) is 8.30. The molecule has 0 spiro atoms. The Morgan fingerprint density at radius 1 is 1.18 bits per heavy atom. The largest absolute Gasteiger partial charge is 0.544 e. The molecule has 8 nitrogen and oxygen atoms in total. The highest BCUT2D eigenvalue weighted by molar-refractivity contribution is 5.81. The van der Waals surface area contributed by atoms with Crippen LogP contribution in [0.25, 0.3) is 0 Å². The molecule has 1 heterocycles. The number of hydrogen-bond acceptors (Lipinski definition) is 5. The zero-order chi connectivity index (χ0) is 21.8. The molecule has 2 atom stereocenters. The standard InChI is InChI=1S/C15H26N2O3.C5H11NO2/c1-3-4-5-6-7-8-9-14-16-10-11-17(14,13(2)18)12-15(19)20;1-6(2,3)4-5(7)8/h10-11,13,18H,3-9,12H2,1-2H3;4H2,1-3H3/p+1. The average Bonchev–Trinajstić information content (AvgIpc) is 2.92. The first-order valence-corrected chi connectivity index (χ1v) is 9.97. The molecule has 2 unspecified atom stereocenters. The van der Waals surface area contributed by atoms with Gasteiger partial charge in [0.05, 0.1) is 33.3 Å². The molecule has 0 saturated heterocycles. The number of aliphatic hydroxyl groups is 1. The molecule has 1 aliphatic heterocycles. The molecule has 2 N–H and O–H groups in total. The number of carbonyl (C=O) groups is 2. The third kappa shape index (κ3) is 10.5. The molecule has 0 radical (unpaired) electrons. The summed E-state index contributed by atoms with van der Waals surface area (Å²) in [6.07, 6.45) is 10.4. The molecule has 0 fully saturated rings. The van der Waals surface area contributed by atoms with E-state index in [9.17, 15) is 19.8 Å². The topological polar surface area (TPSA) is 110 Å². The van der Waals surface area contributed by atoms with E-state index in [0.29, 0.717) is 4.48 Å². The number of unbranched alkanes of at least 4 members (excludes halogenated alkanes) is 5. The van der Waals surface area contributed by atoms with Crippen LogP contribution in [0.4, 0.5) is 0 Å². The normalized spacial score (nSPS) is 19.6. The fourth-order valence-corrected chi connectivity index (χ4v) is 3.00. The monoisotopic (exact) mass is 400 g/mol. The van der Waals surface area contributed by atoms with Crippen molar-refractivity contribution in [1.82, 2.24) is 0 Å². The van der Waals surface area contributed by atoms with E-state index in [1.165, 1.54) is 25.7 Å². The molecule has 8 heteroatoms. The van der Waals surface area contributed by atoms with Crippen molar-refractivity contribution in [3.8, 4) is 0 Å². The number of nitrogens with zero attached hydrogens (tertiary/aromatic N) is 3. The fraction of sp³-hybridized carbons (Fsp3) is 0.750. The molecule has 162 valence electrons. The lowest BCUT2D eigenvalue weighted by molar-refractivity contribution is -0.864. The van der Waals surface area contributed by atoms with Gasteiger partial charge in [-0.15, -0.1) is 0 Å². The van der Waals surface area contributed by atoms with Crippen molar-refractivity contribution in [3.63, 3.8) is 0 Å². The summed E-state index contributed by atoms with van der Waals surface area (Å²) < 4.78 is 0.368. The van der Waals surface area contributed by atoms with Gasteiger partial charge < -0.3 is 24.6 Å². The number of carbonyl (C=O) groups excluding carboxylic acids is 1. The van der Waals surface area contributed by atoms with Crippen LogP contribution in [0.1, 0.15) is 58.8 Å². The molecule has 0 aromatic carbocycles. The van der Waals surface area contributed by atoms with Crippen molar-refractivity contribution in [2.45, 2.75) is 65.0 Å². The molecule has 0 amide bonds. The molecule has 0 bridgehead atoms. The van der Waals surface area contributed by atoms with Gasteiger partial charge in [0.25, 0.3) is 0 Å². The van der Waals surface area contributed by atoms with E-state index in [4.69, 9.17) is 5.11 Å². The van der Waals surface area contributed by atoms with Crippen LogP contribution in [0.15, 0.2) is 17.4 Å². The van der Waals surface area contributed by atoms with Gasteiger partial charge in [-0.2, -0.15) is 0 Å². The predicted molar refractivity (Wildman–Crippen MR) is 107 cm³/mol. The van der Waals surface area contributed by atoms with Crippen LogP contribution < -0.4 is 5.11 Å². The number of carboxylic acid groups (broad SMARTS) is 2. The smallest absolute Gasteiger partial charge is 0.360 e. The average molecular weight is 401 g/mol. The lowest BCUT2D eigenvalue weighted by atomic mass is 10.1. The number of rotatable bonds is 12. The fourth-order valence-electron chi connectivity index (χ4n) is 3.00. The molecule has 0 aromatic rings. The summed E-state index contributed by atoms with van der Waals surface area (Å²) in [6, 6.07) is 0. The predicted octanol–water partition coefficient (Wildman–Crippen LogP) is 1.30. The quantitative estimate of drug-likeness (QED) is 0.379. The maximum absolute atomic E-state index is 11.0. The highest BCUT2D eigenvalue weighted by Gasteiger charge is 2.41. The Morgan fingerprint density at radius 3 is 2.18 bits per heavy atom. The van der Waals surface area contributed by atoms with Crippen LogP contribution in [0, 0.1) is 0 Å². The van der Waals surface area contributed by atoms with Crippen molar-refractivity contribution >= 4 is 17.8 Å². The first-order chi connectivity index (χ1) is 12.9. The van der Waals surface area contributed by atoms with Gasteiger partial charge in [0.2, 0.25) is 5.84 Å². The number of aliphatic carboxylic acids is 2. The molecule has 0 aromatic heterocycles. The number of quaternary nitrogens is 2. The highest BCUT2D eigenvalue weighted by atomic mass is 16.4. The number of likely N-dealkylation sites (N-methyl/N-ethyl adjacent to an activating group) is 1. The molecule has 0 saturated carbocycles. The lowest BCUT2D eigenvalue weighted by Gasteiger charge is -2.33. The Bertz CT molecular complexity index is 553. The Kier molecular flexibility index (Phi) is 11.8. The van der Waals surface area contributed by atoms with Crippen LogP contribution in [0.3, 0.4) is 0 Å². The third-order valence-corrected chi connectivity index (χ3v) is 4.46. The van der Waals surface area contributed by atoms with E-state index in [2.05, 4.69) is 11.9 Å². The second-order valence-electron chi connectivity index (χ2n) is 8.30. The van der Waals surface area contributed by atoms with Crippen molar-refractivity contribution < 1.29 is 33.9 Å². The zero-order valence-corrected chi connectivity index (χ0v) is 18.1. The van der Waals surface area contributed by atoms with Gasteiger partial charge in [-0.25, -0.2) is 14.3 Å². The zero-order valence-electron chi connectivity index (χ0n) is 18.1. The maximum atomic E-state index is 11.0. The van der Waals surface area contributed by atoms with Gasteiger partial charge >= 0.3 is 5.97 Å². The Morgan fingerprint density at radius 2 is 1.75 bits per heavy atom. The summed E-state index contributed by atoms with van der Waals surface area (Å²) in [7, 11) is 5.40. The summed E-state index contributed by atoms with van der Waals surface area (Å²) in [5.41, 5.74) is 0. The van der Waals surface area contributed by atoms with E-state index in [-0.39, 0.29) is 17.6 Å². The van der Waals surface area contributed by atoms with Crippen molar-refractivity contribution in [2.75, 3.05) is 34.2 Å². The van der Waals surface area contributed by atoms with Crippen LogP contribution in [0.5, 0.6) is 0 Å². The van der Waals surface area contributed by atoms with E-state index >= 15 is 0 Å². The lowest BCUT2D eigenvalue weighted by Crippen LogP contribution is -2.55. The second kappa shape index (κ2) is 12.6. The summed E-state index contributed by atoms with van der Waals surface area (Å²) in [5.74, 6) is -1.16. The Hall–Kier alpha value is -1.77. The first kappa shape index (κ1) is 26.2. The first-order valence-electron chi connectivity index (χ1n) is 9.97. The van der Waals surface area contributed by atoms with Gasteiger partial charge in [-0.3, -0.25) is 0 Å². The molecule has 1 aliphatic rings. The van der Waals surface area contributed by atoms with Crippen molar-refractivity contribution in [2.24, 2.45) is 4.99 Å². The Balaban J connectivity index is 0.000000769. The number of amidine groups is 1. The van der Waals surface area contributed by atoms with Gasteiger partial charge in [0.1, 0.15) is 12.7 Å². The van der Waals surface area contributed by atoms with Gasteiger partial charge in [-0.1, -0.05) is 39.0 Å². The minimum atomic E-state index is -1.00. The summed E-state index contributed by atoms with van der Waals surface area (Å²) in [6.45, 7) is 3.73. The Labute approximate surface area is 169 Å². The molecular formula is C20H38N3O5+. The molecule has 1 rings (SSSR count). The van der Waals surface area contributed by atoms with E-state index in [0.717, 1.165) is 25.1 Å². The SMILES string of the molecule is CCCCCCCCC1=NC=C[N+]1(CC(=O)O)C(C)O.C[N+](C)(C)CC(=O)[O-]. The van der Waals surface area contributed by atoms with Crippen LogP contribution >= 0.6 is 0 Å². The highest BCUT2D eigenvalue weighted by Crippen LogP contribution is 2.24. The van der Waals surface area contributed by atoms with E-state index in [1.807, 2.05) is 0 Å². The molecule has 28 heavy (non-hydrogen) atoms. The van der Waals surface area contributed by atoms with E-state index < -0.39 is 18.2 Å². The summed E-state index contributed by atoms with van der Waals surface area (Å²) >= 11 is 0. The van der Waals surface area contributed by atoms with E-state index in [1.54, 1.807) is 40.5 Å². The summed E-state index contributed by atoms with van der Waals surface area (Å²) in [4.78, 5) is 25.2. The van der Waals surface area contributed by atoms with Gasteiger partial charge in [0, 0.05) is 13.3 Å². The molecular weight excluding hydrogens is 362 g/mol. The van der Waals surface area contributed by atoms with Crippen molar-refractivity contribution in [3.05, 3.63) is 12.4 Å². The number of carboxylic acids is 2. The number of hydrogen-bond donors (Lipinski definition) is 2. The maximum Gasteiger partial charge on any atom is 0.360 e. The third-order valence-electron chi connectivity index (χ3n) is 4.46. The number of aliphatic hydroxyl groups excluding tert-OH is 1. The van der Waals surface area contributed by atoms with Crippen LogP contribution in [-0.2, 0) is 9.59 Å². The minimum absolute atomic E-state index is 0.0513. The van der Waals surface area contributed by atoms with Crippen molar-refractivity contribution in [1.29, 1.82) is 0 Å². The number of aliphatic imine (C=N–C) groups is 1. The van der Waals surface area contributed by atoms with Crippen LogP contribution in [-0.4, -0.2) is 77.4 Å².